The van der Waals surface area contributed by atoms with Crippen molar-refractivity contribution in [2.45, 2.75) is 51.9 Å². The highest BCUT2D eigenvalue weighted by molar-refractivity contribution is 7.90. The van der Waals surface area contributed by atoms with Crippen LogP contribution in [0.5, 0.6) is 0 Å². The smallest absolute Gasteiger partial charge is 0.155 e. The molecule has 3 aromatic heterocycles. The molecule has 0 aliphatic heterocycles. The summed E-state index contributed by atoms with van der Waals surface area (Å²) in [7, 11) is -3.15. The van der Waals surface area contributed by atoms with Gasteiger partial charge in [-0.05, 0) is 49.6 Å². The summed E-state index contributed by atoms with van der Waals surface area (Å²) in [6.07, 6.45) is 4.68. The molecule has 39 heavy (non-hydrogen) atoms. The normalized spacial score (nSPS) is 13.4. The van der Waals surface area contributed by atoms with Crippen molar-refractivity contribution in [3.63, 3.8) is 0 Å². The summed E-state index contributed by atoms with van der Waals surface area (Å²) in [5.74, 6) is -0.697. The zero-order chi connectivity index (χ0) is 28.4. The van der Waals surface area contributed by atoms with Gasteiger partial charge in [-0.1, -0.05) is 44.0 Å². The van der Waals surface area contributed by atoms with E-state index in [-0.39, 0.29) is 28.5 Å². The number of hydrogen-bond acceptors (Lipinski definition) is 7. The predicted octanol–water partition coefficient (Wildman–Crippen LogP) is 5.31. The first-order valence-electron chi connectivity index (χ1n) is 12.5. The fourth-order valence-electron chi connectivity index (χ4n) is 4.38. The highest BCUT2D eigenvalue weighted by Crippen LogP contribution is 2.41. The second kappa shape index (κ2) is 11.4. The molecule has 12 heteroatoms. The lowest BCUT2D eigenvalue weighted by atomic mass is 9.77. The first-order valence-corrected chi connectivity index (χ1v) is 15.0. The summed E-state index contributed by atoms with van der Waals surface area (Å²) in [5, 5.41) is 13.2. The molecule has 0 aliphatic carbocycles. The van der Waals surface area contributed by atoms with Crippen LogP contribution in [0.4, 0.5) is 8.78 Å². The van der Waals surface area contributed by atoms with Crippen molar-refractivity contribution in [3.05, 3.63) is 82.2 Å². The van der Waals surface area contributed by atoms with E-state index in [1.165, 1.54) is 23.3 Å². The molecular formula is C27H29ClF2N6O2S. The maximum Gasteiger partial charge on any atom is 0.155 e. The zero-order valence-corrected chi connectivity index (χ0v) is 23.7. The molecule has 4 rings (SSSR count). The molecule has 0 saturated heterocycles. The summed E-state index contributed by atoms with van der Waals surface area (Å²) >= 11 is 6.79. The Hall–Kier alpha value is -3.31. The van der Waals surface area contributed by atoms with Crippen molar-refractivity contribution in [1.29, 1.82) is 0 Å². The summed E-state index contributed by atoms with van der Waals surface area (Å²) < 4.78 is 53.7. The van der Waals surface area contributed by atoms with E-state index in [1.807, 2.05) is 32.9 Å². The molecule has 0 amide bonds. The number of aromatic nitrogens is 6. The second-order valence-electron chi connectivity index (χ2n) is 9.59. The van der Waals surface area contributed by atoms with Gasteiger partial charge in [-0.3, -0.25) is 0 Å². The average Bonchev–Trinajstić information content (AvgIpc) is 3.38. The number of hydrogen-bond donors (Lipinski definition) is 0. The molecule has 0 fully saturated rings. The quantitative estimate of drug-likeness (QED) is 0.253. The Morgan fingerprint density at radius 1 is 1.03 bits per heavy atom. The van der Waals surface area contributed by atoms with Gasteiger partial charge in [0.05, 0.1) is 33.1 Å². The largest absolute Gasteiger partial charge is 0.233 e. The summed E-state index contributed by atoms with van der Waals surface area (Å²) in [5.41, 5.74) is 0.812. The average molecular weight is 575 g/mol. The summed E-state index contributed by atoms with van der Waals surface area (Å²) in [6.45, 7) is 5.95. The molecule has 0 spiro atoms. The van der Waals surface area contributed by atoms with Crippen LogP contribution in [0, 0.1) is 11.6 Å². The highest BCUT2D eigenvalue weighted by Gasteiger charge is 2.35. The van der Waals surface area contributed by atoms with Crippen LogP contribution in [-0.4, -0.2) is 50.4 Å². The molecule has 206 valence electrons. The number of sulfone groups is 1. The Morgan fingerprint density at radius 3 is 2.36 bits per heavy atom. The zero-order valence-electron chi connectivity index (χ0n) is 22.1. The number of aryl methyl sites for hydroxylation is 1. The molecule has 0 radical (unpaired) electrons. The van der Waals surface area contributed by atoms with E-state index in [0.29, 0.717) is 41.4 Å². The summed E-state index contributed by atoms with van der Waals surface area (Å²) in [6, 6.07) is 9.07. The van der Waals surface area contributed by atoms with E-state index in [4.69, 9.17) is 16.6 Å². The van der Waals surface area contributed by atoms with Crippen LogP contribution < -0.4 is 0 Å². The van der Waals surface area contributed by atoms with Crippen LogP contribution in [0.1, 0.15) is 56.4 Å². The van der Waals surface area contributed by atoms with E-state index >= 15 is 0 Å². The fourth-order valence-corrected chi connectivity index (χ4v) is 5.25. The molecular weight excluding hydrogens is 546 g/mol. The first kappa shape index (κ1) is 28.7. The fraction of sp³-hybridized carbons (Fsp3) is 0.370. The topological polar surface area (TPSA) is 104 Å². The lowest BCUT2D eigenvalue weighted by Gasteiger charge is -2.30. The van der Waals surface area contributed by atoms with Crippen molar-refractivity contribution in [3.8, 4) is 17.1 Å². The molecule has 8 nitrogen and oxygen atoms in total. The third kappa shape index (κ3) is 5.99. The SMILES string of the molecule is CCCc1c([C@@](C)(CC)c2cccc(-n3cnc(CCS(C)(=O)=O)n3)n2)nnc(-c2c(F)cccc2F)c1Cl. The molecule has 0 bridgehead atoms. The standard InChI is InChI=1S/C27H29ClF2N6O2S/c1-5-9-17-24(28)25(23-18(29)10-7-11-19(23)30)33-34-26(17)27(3,6-2)20-12-8-13-22(32-20)36-16-31-21(35-36)14-15-39(4,37)38/h7-8,10-13,16H,5-6,9,14-15H2,1-4H3/t27-/m0/s1. The molecule has 0 N–H and O–H groups in total. The molecule has 1 atom stereocenters. The van der Waals surface area contributed by atoms with E-state index < -0.39 is 26.9 Å². The Kier molecular flexibility index (Phi) is 8.41. The predicted molar refractivity (Wildman–Crippen MR) is 146 cm³/mol. The third-order valence-electron chi connectivity index (χ3n) is 6.71. The molecule has 0 unspecified atom stereocenters. The minimum absolute atomic E-state index is 0.0381. The van der Waals surface area contributed by atoms with E-state index in [0.717, 1.165) is 18.6 Å². The monoisotopic (exact) mass is 574 g/mol. The summed E-state index contributed by atoms with van der Waals surface area (Å²) in [4.78, 5) is 9.05. The highest BCUT2D eigenvalue weighted by atomic mass is 35.5. The first-order chi connectivity index (χ1) is 18.5. The van der Waals surface area contributed by atoms with Crippen molar-refractivity contribution in [2.24, 2.45) is 0 Å². The van der Waals surface area contributed by atoms with Crippen LogP contribution in [0.15, 0.2) is 42.7 Å². The maximum atomic E-state index is 14.6. The Balaban J connectivity index is 1.78. The van der Waals surface area contributed by atoms with Gasteiger partial charge in [0.1, 0.15) is 33.5 Å². The number of pyridine rings is 1. The molecule has 1 aromatic carbocycles. The number of halogens is 3. The van der Waals surface area contributed by atoms with E-state index in [9.17, 15) is 17.2 Å². The van der Waals surface area contributed by atoms with Gasteiger partial charge in [-0.2, -0.15) is 5.10 Å². The molecule has 3 heterocycles. The van der Waals surface area contributed by atoms with Gasteiger partial charge in [0.25, 0.3) is 0 Å². The van der Waals surface area contributed by atoms with Gasteiger partial charge in [-0.25, -0.2) is 31.8 Å². The van der Waals surface area contributed by atoms with E-state index in [2.05, 4.69) is 20.3 Å². The molecule has 0 aliphatic rings. The third-order valence-corrected chi connectivity index (χ3v) is 8.06. The lowest BCUT2D eigenvalue weighted by molar-refractivity contribution is 0.500. The number of rotatable bonds is 10. The van der Waals surface area contributed by atoms with Crippen molar-refractivity contribution < 1.29 is 17.2 Å². The van der Waals surface area contributed by atoms with Gasteiger partial charge in [0, 0.05) is 12.7 Å². The Bertz CT molecular complexity index is 1590. The lowest BCUT2D eigenvalue weighted by Crippen LogP contribution is -2.28. The van der Waals surface area contributed by atoms with Crippen molar-refractivity contribution >= 4 is 21.4 Å². The van der Waals surface area contributed by atoms with Gasteiger partial charge < -0.3 is 0 Å². The minimum atomic E-state index is -3.15. The van der Waals surface area contributed by atoms with Gasteiger partial charge in [-0.15, -0.1) is 10.2 Å². The molecule has 4 aromatic rings. The van der Waals surface area contributed by atoms with Crippen LogP contribution in [0.3, 0.4) is 0 Å². The van der Waals surface area contributed by atoms with E-state index in [1.54, 1.807) is 6.07 Å². The number of nitrogens with zero attached hydrogens (tertiary/aromatic N) is 6. The van der Waals surface area contributed by atoms with Crippen LogP contribution in [0.25, 0.3) is 17.1 Å². The van der Waals surface area contributed by atoms with Gasteiger partial charge in [0.2, 0.25) is 0 Å². The van der Waals surface area contributed by atoms with Crippen LogP contribution in [0.2, 0.25) is 5.02 Å². The van der Waals surface area contributed by atoms with Crippen molar-refractivity contribution in [2.75, 3.05) is 12.0 Å². The van der Waals surface area contributed by atoms with Crippen LogP contribution >= 0.6 is 11.6 Å². The number of benzene rings is 1. The Morgan fingerprint density at radius 2 is 1.72 bits per heavy atom. The second-order valence-corrected chi connectivity index (χ2v) is 12.2. The molecule has 0 saturated carbocycles. The van der Waals surface area contributed by atoms with Crippen molar-refractivity contribution in [1.82, 2.24) is 29.9 Å². The minimum Gasteiger partial charge on any atom is -0.233 e. The van der Waals surface area contributed by atoms with Gasteiger partial charge >= 0.3 is 0 Å². The Labute approximate surface area is 231 Å². The maximum absolute atomic E-state index is 14.6. The van der Waals surface area contributed by atoms with Crippen LogP contribution in [-0.2, 0) is 28.1 Å². The van der Waals surface area contributed by atoms with Gasteiger partial charge in [0.15, 0.2) is 11.6 Å².